The topological polar surface area (TPSA) is 105 Å². The maximum atomic E-state index is 12.5. The van der Waals surface area contributed by atoms with Crippen LogP contribution in [0.1, 0.15) is 15.9 Å². The molecule has 0 heterocycles. The third-order valence-electron chi connectivity index (χ3n) is 4.47. The zero-order chi connectivity index (χ0) is 24.7. The molecule has 7 nitrogen and oxygen atoms in total. The molecule has 3 rings (SSSR count). The Morgan fingerprint density at radius 3 is 2.35 bits per heavy atom. The Kier molecular flexibility index (Phi) is 8.35. The van der Waals surface area contributed by atoms with Gasteiger partial charge in [0.05, 0.1) is 11.9 Å². The van der Waals surface area contributed by atoms with Crippen molar-refractivity contribution in [3.63, 3.8) is 0 Å². The number of anilines is 2. The summed E-state index contributed by atoms with van der Waals surface area (Å²) in [4.78, 5) is 13.5. The minimum atomic E-state index is -3.59. The number of sulfonamides is 1. The van der Waals surface area contributed by atoms with Crippen LogP contribution in [0, 0.1) is 0 Å². The van der Waals surface area contributed by atoms with E-state index in [2.05, 4.69) is 14.8 Å². The molecule has 0 bridgehead atoms. The first-order valence-corrected chi connectivity index (χ1v) is 12.9. The standard InChI is InChI=1S/C23H22F2N2O5S2/c1-34(30,31)27-20-14-17(6-11-21(20)28)26-22(29)16-4-9-19(10-5-16)33-13-12-15-2-7-18(8-3-15)32-23(24)25/h2-11,14,23,27-28H,12-13H2,1H3,(H,26,29). The zero-order valence-corrected chi connectivity index (χ0v) is 19.6. The molecule has 0 aliphatic rings. The Morgan fingerprint density at radius 2 is 1.74 bits per heavy atom. The largest absolute Gasteiger partial charge is 0.506 e. The fourth-order valence-electron chi connectivity index (χ4n) is 2.93. The lowest BCUT2D eigenvalue weighted by atomic mass is 10.2. The molecule has 1 amide bonds. The minimum Gasteiger partial charge on any atom is -0.506 e. The maximum Gasteiger partial charge on any atom is 0.387 e. The van der Waals surface area contributed by atoms with Crippen molar-refractivity contribution >= 4 is 39.1 Å². The van der Waals surface area contributed by atoms with Crippen molar-refractivity contribution in [2.45, 2.75) is 17.9 Å². The Bertz CT molecular complexity index is 1240. The van der Waals surface area contributed by atoms with Gasteiger partial charge in [-0.05, 0) is 66.6 Å². The number of ether oxygens (including phenoxy) is 1. The summed E-state index contributed by atoms with van der Waals surface area (Å²) >= 11 is 1.59. The molecule has 0 aliphatic carbocycles. The molecule has 0 unspecified atom stereocenters. The van der Waals surface area contributed by atoms with Gasteiger partial charge in [0.15, 0.2) is 0 Å². The number of carbonyl (C=O) groups excluding carboxylic acids is 1. The van der Waals surface area contributed by atoms with Gasteiger partial charge in [0.25, 0.3) is 5.91 Å². The normalized spacial score (nSPS) is 11.3. The third-order valence-corrected chi connectivity index (χ3v) is 6.08. The van der Waals surface area contributed by atoms with Crippen molar-refractivity contribution in [1.29, 1.82) is 0 Å². The molecular formula is C23H22F2N2O5S2. The lowest BCUT2D eigenvalue weighted by Gasteiger charge is -2.10. The lowest BCUT2D eigenvalue weighted by Crippen LogP contribution is -2.13. The first-order chi connectivity index (χ1) is 16.1. The van der Waals surface area contributed by atoms with Gasteiger partial charge in [0, 0.05) is 21.9 Å². The predicted molar refractivity (Wildman–Crippen MR) is 128 cm³/mol. The molecule has 0 radical (unpaired) electrons. The second kappa shape index (κ2) is 11.2. The van der Waals surface area contributed by atoms with Gasteiger partial charge in [-0.1, -0.05) is 12.1 Å². The highest BCUT2D eigenvalue weighted by Crippen LogP contribution is 2.28. The molecule has 0 aliphatic heterocycles. The average Bonchev–Trinajstić information content (AvgIpc) is 2.76. The summed E-state index contributed by atoms with van der Waals surface area (Å²) in [7, 11) is -3.59. The highest BCUT2D eigenvalue weighted by molar-refractivity contribution is 7.99. The predicted octanol–water partition coefficient (Wildman–Crippen LogP) is 4.95. The van der Waals surface area contributed by atoms with E-state index in [1.165, 1.54) is 30.3 Å². The van der Waals surface area contributed by atoms with Gasteiger partial charge < -0.3 is 15.2 Å². The van der Waals surface area contributed by atoms with E-state index in [-0.39, 0.29) is 17.2 Å². The van der Waals surface area contributed by atoms with Crippen LogP contribution in [0.2, 0.25) is 0 Å². The van der Waals surface area contributed by atoms with E-state index in [0.717, 1.165) is 28.9 Å². The maximum absolute atomic E-state index is 12.5. The van der Waals surface area contributed by atoms with E-state index in [4.69, 9.17) is 0 Å². The highest BCUT2D eigenvalue weighted by atomic mass is 32.2. The molecule has 3 aromatic carbocycles. The van der Waals surface area contributed by atoms with Crippen molar-refractivity contribution in [2.75, 3.05) is 22.0 Å². The van der Waals surface area contributed by atoms with Crippen LogP contribution in [0.3, 0.4) is 0 Å². The number of phenolic OH excluding ortho intramolecular Hbond substituents is 1. The number of hydrogen-bond donors (Lipinski definition) is 3. The number of aryl methyl sites for hydroxylation is 1. The Balaban J connectivity index is 1.53. The summed E-state index contributed by atoms with van der Waals surface area (Å²) < 4.78 is 53.7. The zero-order valence-electron chi connectivity index (χ0n) is 18.0. The number of phenols is 1. The summed E-state index contributed by atoms with van der Waals surface area (Å²) in [5, 5.41) is 12.5. The Morgan fingerprint density at radius 1 is 1.06 bits per heavy atom. The molecule has 0 saturated heterocycles. The van der Waals surface area contributed by atoms with Crippen molar-refractivity contribution in [3.8, 4) is 11.5 Å². The van der Waals surface area contributed by atoms with Crippen molar-refractivity contribution in [2.24, 2.45) is 0 Å². The van der Waals surface area contributed by atoms with E-state index in [9.17, 15) is 27.1 Å². The van der Waals surface area contributed by atoms with Crippen molar-refractivity contribution in [3.05, 3.63) is 77.9 Å². The molecule has 11 heteroatoms. The van der Waals surface area contributed by atoms with Gasteiger partial charge in [0.2, 0.25) is 10.0 Å². The fourth-order valence-corrected chi connectivity index (χ4v) is 4.39. The lowest BCUT2D eigenvalue weighted by molar-refractivity contribution is -0.0498. The monoisotopic (exact) mass is 508 g/mol. The highest BCUT2D eigenvalue weighted by Gasteiger charge is 2.11. The smallest absolute Gasteiger partial charge is 0.387 e. The number of alkyl halides is 2. The molecule has 0 atom stereocenters. The summed E-state index contributed by atoms with van der Waals surface area (Å²) in [6.45, 7) is -2.85. The number of hydrogen-bond acceptors (Lipinski definition) is 6. The molecule has 3 aromatic rings. The van der Waals surface area contributed by atoms with Crippen LogP contribution >= 0.6 is 11.8 Å². The van der Waals surface area contributed by atoms with Crippen LogP contribution in [0.25, 0.3) is 0 Å². The van der Waals surface area contributed by atoms with Gasteiger partial charge in [-0.2, -0.15) is 8.78 Å². The molecule has 3 N–H and O–H groups in total. The van der Waals surface area contributed by atoms with E-state index < -0.39 is 22.5 Å². The van der Waals surface area contributed by atoms with Crippen LogP contribution < -0.4 is 14.8 Å². The van der Waals surface area contributed by atoms with Crippen LogP contribution in [0.5, 0.6) is 11.5 Å². The van der Waals surface area contributed by atoms with Gasteiger partial charge >= 0.3 is 6.61 Å². The number of carbonyl (C=O) groups is 1. The van der Waals surface area contributed by atoms with Crippen molar-refractivity contribution in [1.82, 2.24) is 0 Å². The van der Waals surface area contributed by atoms with Crippen molar-refractivity contribution < 1.29 is 31.8 Å². The van der Waals surface area contributed by atoms with E-state index in [1.54, 1.807) is 36.0 Å². The van der Waals surface area contributed by atoms with E-state index in [1.807, 2.05) is 12.1 Å². The SMILES string of the molecule is CS(=O)(=O)Nc1cc(NC(=O)c2ccc(SCCc3ccc(OC(F)F)cc3)cc2)ccc1O. The Labute approximate surface area is 200 Å². The first kappa shape index (κ1) is 25.3. The van der Waals surface area contributed by atoms with E-state index >= 15 is 0 Å². The Hall–Kier alpha value is -3.31. The number of amides is 1. The first-order valence-electron chi connectivity index (χ1n) is 9.98. The summed E-state index contributed by atoms with van der Waals surface area (Å²) in [5.41, 5.74) is 1.68. The number of thioether (sulfide) groups is 1. The number of halogens is 2. The van der Waals surface area contributed by atoms with Crippen LogP contribution in [-0.4, -0.2) is 38.1 Å². The van der Waals surface area contributed by atoms with Gasteiger partial charge in [-0.3, -0.25) is 9.52 Å². The molecule has 180 valence electrons. The number of benzene rings is 3. The molecule has 34 heavy (non-hydrogen) atoms. The molecule has 0 saturated carbocycles. The van der Waals surface area contributed by atoms with Crippen LogP contribution in [-0.2, 0) is 16.4 Å². The summed E-state index contributed by atoms with van der Waals surface area (Å²) in [6, 6.07) is 17.5. The second-order valence-corrected chi connectivity index (χ2v) is 10.1. The number of rotatable bonds is 10. The van der Waals surface area contributed by atoms with Crippen LogP contribution in [0.4, 0.5) is 20.2 Å². The van der Waals surface area contributed by atoms with Gasteiger partial charge in [-0.15, -0.1) is 11.8 Å². The molecule has 0 spiro atoms. The third kappa shape index (κ3) is 7.92. The second-order valence-electron chi connectivity index (χ2n) is 7.21. The quantitative estimate of drug-likeness (QED) is 0.203. The average molecular weight is 509 g/mol. The van der Waals surface area contributed by atoms with Crippen LogP contribution in [0.15, 0.2) is 71.6 Å². The minimum absolute atomic E-state index is 0.0387. The fraction of sp³-hybridized carbons (Fsp3) is 0.174. The molecule has 0 aromatic heterocycles. The van der Waals surface area contributed by atoms with Gasteiger partial charge in [-0.25, -0.2) is 8.42 Å². The molecule has 0 fully saturated rings. The summed E-state index contributed by atoms with van der Waals surface area (Å²) in [5.74, 6) is 0.223. The molecular weight excluding hydrogens is 486 g/mol. The van der Waals surface area contributed by atoms with Gasteiger partial charge in [0.1, 0.15) is 11.5 Å². The van der Waals surface area contributed by atoms with E-state index in [0.29, 0.717) is 11.3 Å². The summed E-state index contributed by atoms with van der Waals surface area (Å²) in [6.07, 6.45) is 1.69. The number of nitrogens with one attached hydrogen (secondary N) is 2. The number of aromatic hydroxyl groups is 1.